The lowest BCUT2D eigenvalue weighted by molar-refractivity contribution is -0.137. The molecule has 5 nitrogen and oxygen atoms in total. The second kappa shape index (κ2) is 5.69. The maximum absolute atomic E-state index is 12.2. The molecular formula is C17H25N3O2. The molecule has 3 fully saturated rings. The van der Waals surface area contributed by atoms with Crippen molar-refractivity contribution >= 4 is 5.91 Å². The highest BCUT2D eigenvalue weighted by atomic mass is 16.5. The molecule has 1 saturated carbocycles. The molecule has 0 N–H and O–H groups in total. The Hall–Kier alpha value is -1.36. The second-order valence-electron chi connectivity index (χ2n) is 7.22. The first-order valence-corrected chi connectivity index (χ1v) is 8.63. The van der Waals surface area contributed by atoms with E-state index in [9.17, 15) is 4.79 Å². The van der Waals surface area contributed by atoms with Gasteiger partial charge in [0, 0.05) is 55.9 Å². The molecule has 0 aromatic carbocycles. The molecule has 1 spiro atoms. The summed E-state index contributed by atoms with van der Waals surface area (Å²) in [6.45, 7) is 4.36. The molecule has 0 bridgehead atoms. The maximum atomic E-state index is 12.2. The fourth-order valence-corrected chi connectivity index (χ4v) is 3.94. The molecule has 5 heteroatoms. The van der Waals surface area contributed by atoms with Crippen LogP contribution >= 0.6 is 0 Å². The highest BCUT2D eigenvalue weighted by Gasteiger charge is 2.41. The smallest absolute Gasteiger partial charge is 0.222 e. The number of rotatable bonds is 5. The fourth-order valence-electron chi connectivity index (χ4n) is 3.94. The molecule has 22 heavy (non-hydrogen) atoms. The zero-order valence-electron chi connectivity index (χ0n) is 13.2. The summed E-state index contributed by atoms with van der Waals surface area (Å²) in [5.41, 5.74) is 1.63. The van der Waals surface area contributed by atoms with Gasteiger partial charge in [-0.1, -0.05) is 0 Å². The van der Waals surface area contributed by atoms with Gasteiger partial charge in [0.25, 0.3) is 0 Å². The summed E-state index contributed by atoms with van der Waals surface area (Å²) in [6.07, 6.45) is 8.32. The molecular weight excluding hydrogens is 278 g/mol. The Morgan fingerprint density at radius 2 is 2.23 bits per heavy atom. The third-order valence-electron chi connectivity index (χ3n) is 5.48. The van der Waals surface area contributed by atoms with Gasteiger partial charge in [0.2, 0.25) is 5.91 Å². The van der Waals surface area contributed by atoms with Crippen molar-refractivity contribution in [3.05, 3.63) is 18.0 Å². The zero-order valence-corrected chi connectivity index (χ0v) is 13.2. The van der Waals surface area contributed by atoms with Gasteiger partial charge in [-0.05, 0) is 38.2 Å². The van der Waals surface area contributed by atoms with E-state index in [1.807, 2.05) is 6.20 Å². The van der Waals surface area contributed by atoms with Gasteiger partial charge in [-0.25, -0.2) is 0 Å². The van der Waals surface area contributed by atoms with Gasteiger partial charge in [0.1, 0.15) is 0 Å². The van der Waals surface area contributed by atoms with Gasteiger partial charge >= 0.3 is 0 Å². The van der Waals surface area contributed by atoms with Crippen LogP contribution in [0.15, 0.2) is 12.3 Å². The van der Waals surface area contributed by atoms with E-state index in [1.54, 1.807) is 0 Å². The van der Waals surface area contributed by atoms with E-state index in [2.05, 4.69) is 20.7 Å². The SMILES string of the molecule is O=C1CCC2(CCOC2)CN1CCCn1nccc1C1CC1. The minimum Gasteiger partial charge on any atom is -0.381 e. The van der Waals surface area contributed by atoms with Crippen molar-refractivity contribution in [2.24, 2.45) is 5.41 Å². The lowest BCUT2D eigenvalue weighted by Gasteiger charge is -2.39. The number of likely N-dealkylation sites (tertiary alicyclic amines) is 1. The Morgan fingerprint density at radius 1 is 1.32 bits per heavy atom. The normalized spacial score (nSPS) is 28.7. The number of aromatic nitrogens is 2. The molecule has 2 saturated heterocycles. The number of carbonyl (C=O) groups excluding carboxylic acids is 1. The van der Waals surface area contributed by atoms with E-state index in [0.29, 0.717) is 12.3 Å². The zero-order chi connectivity index (χ0) is 15.0. The van der Waals surface area contributed by atoms with E-state index < -0.39 is 0 Å². The van der Waals surface area contributed by atoms with Gasteiger partial charge in [0.05, 0.1) is 6.61 Å². The largest absolute Gasteiger partial charge is 0.381 e. The van der Waals surface area contributed by atoms with E-state index in [1.165, 1.54) is 18.5 Å². The fraction of sp³-hybridized carbons (Fsp3) is 0.765. The number of aryl methyl sites for hydroxylation is 1. The number of piperidine rings is 1. The van der Waals surface area contributed by atoms with Crippen molar-refractivity contribution in [1.29, 1.82) is 0 Å². The molecule has 3 aliphatic rings. The van der Waals surface area contributed by atoms with Crippen LogP contribution in [-0.2, 0) is 16.1 Å². The first-order valence-electron chi connectivity index (χ1n) is 8.63. The number of hydrogen-bond acceptors (Lipinski definition) is 3. The van der Waals surface area contributed by atoms with Crippen LogP contribution in [0.25, 0.3) is 0 Å². The Kier molecular flexibility index (Phi) is 3.68. The van der Waals surface area contributed by atoms with Gasteiger partial charge in [-0.2, -0.15) is 5.10 Å². The molecule has 1 aromatic heterocycles. The molecule has 2 aliphatic heterocycles. The summed E-state index contributed by atoms with van der Waals surface area (Å²) in [6, 6.07) is 2.15. The van der Waals surface area contributed by atoms with Crippen LogP contribution in [0, 0.1) is 5.41 Å². The summed E-state index contributed by atoms with van der Waals surface area (Å²) >= 11 is 0. The van der Waals surface area contributed by atoms with Gasteiger partial charge in [0.15, 0.2) is 0 Å². The highest BCUT2D eigenvalue weighted by molar-refractivity contribution is 5.77. The molecule has 0 radical (unpaired) electrons. The molecule has 1 amide bonds. The van der Waals surface area contributed by atoms with Crippen LogP contribution in [0.2, 0.25) is 0 Å². The van der Waals surface area contributed by atoms with E-state index >= 15 is 0 Å². The Balaban J connectivity index is 1.32. The number of ether oxygens (including phenoxy) is 1. The lowest BCUT2D eigenvalue weighted by Crippen LogP contribution is -2.47. The van der Waals surface area contributed by atoms with Crippen molar-refractivity contribution in [3.63, 3.8) is 0 Å². The first kappa shape index (κ1) is 14.2. The maximum Gasteiger partial charge on any atom is 0.222 e. The van der Waals surface area contributed by atoms with Crippen molar-refractivity contribution in [2.45, 2.75) is 51.0 Å². The standard InChI is InChI=1S/C17H25N3O2/c21-16-4-6-17(7-11-22-13-17)12-19(16)9-1-10-20-15(5-8-18-20)14-2-3-14/h5,8,14H,1-4,6-7,9-13H2. The van der Waals surface area contributed by atoms with Gasteiger partial charge < -0.3 is 9.64 Å². The van der Waals surface area contributed by atoms with E-state index in [-0.39, 0.29) is 5.41 Å². The Labute approximate surface area is 131 Å². The molecule has 1 atom stereocenters. The molecule has 1 unspecified atom stereocenters. The van der Waals surface area contributed by atoms with Crippen molar-refractivity contribution in [3.8, 4) is 0 Å². The monoisotopic (exact) mass is 303 g/mol. The highest BCUT2D eigenvalue weighted by Crippen LogP contribution is 2.40. The van der Waals surface area contributed by atoms with E-state index in [0.717, 1.165) is 58.0 Å². The summed E-state index contributed by atoms with van der Waals surface area (Å²) in [7, 11) is 0. The van der Waals surface area contributed by atoms with Crippen LogP contribution < -0.4 is 0 Å². The number of hydrogen-bond donors (Lipinski definition) is 0. The summed E-state index contributed by atoms with van der Waals surface area (Å²) < 4.78 is 7.72. The first-order chi connectivity index (χ1) is 10.8. The second-order valence-corrected chi connectivity index (χ2v) is 7.22. The molecule has 1 aliphatic carbocycles. The molecule has 120 valence electrons. The lowest BCUT2D eigenvalue weighted by atomic mass is 9.79. The number of nitrogens with zero attached hydrogens (tertiary/aromatic N) is 3. The molecule has 1 aromatic rings. The third-order valence-corrected chi connectivity index (χ3v) is 5.48. The van der Waals surface area contributed by atoms with E-state index in [4.69, 9.17) is 4.74 Å². The van der Waals surface area contributed by atoms with Gasteiger partial charge in [-0.15, -0.1) is 0 Å². The quantitative estimate of drug-likeness (QED) is 0.837. The minimum atomic E-state index is 0.249. The Morgan fingerprint density at radius 3 is 3.00 bits per heavy atom. The third kappa shape index (κ3) is 2.78. The number of amides is 1. The van der Waals surface area contributed by atoms with Crippen LogP contribution in [-0.4, -0.2) is 46.9 Å². The van der Waals surface area contributed by atoms with Crippen LogP contribution in [0.5, 0.6) is 0 Å². The summed E-state index contributed by atoms with van der Waals surface area (Å²) in [5.74, 6) is 1.05. The van der Waals surface area contributed by atoms with Gasteiger partial charge in [-0.3, -0.25) is 9.48 Å². The van der Waals surface area contributed by atoms with Crippen molar-refractivity contribution in [1.82, 2.24) is 14.7 Å². The van der Waals surface area contributed by atoms with Crippen molar-refractivity contribution in [2.75, 3.05) is 26.3 Å². The average Bonchev–Trinajstić information content (AvgIpc) is 3.09. The summed E-state index contributed by atoms with van der Waals surface area (Å²) in [5, 5.41) is 4.44. The predicted molar refractivity (Wildman–Crippen MR) is 82.5 cm³/mol. The predicted octanol–water partition coefficient (Wildman–Crippen LogP) is 2.18. The van der Waals surface area contributed by atoms with Crippen molar-refractivity contribution < 1.29 is 9.53 Å². The average molecular weight is 303 g/mol. The van der Waals surface area contributed by atoms with Crippen LogP contribution in [0.1, 0.15) is 50.1 Å². The topological polar surface area (TPSA) is 47.4 Å². The summed E-state index contributed by atoms with van der Waals surface area (Å²) in [4.78, 5) is 14.2. The number of carbonyl (C=O) groups is 1. The Bertz CT molecular complexity index is 544. The van der Waals surface area contributed by atoms with Crippen LogP contribution in [0.3, 0.4) is 0 Å². The minimum absolute atomic E-state index is 0.249. The molecule has 3 heterocycles. The van der Waals surface area contributed by atoms with Crippen LogP contribution in [0.4, 0.5) is 0 Å². The molecule has 4 rings (SSSR count).